The van der Waals surface area contributed by atoms with Crippen LogP contribution in [0.4, 0.5) is 0 Å². The molecule has 0 bridgehead atoms. The highest BCUT2D eigenvalue weighted by molar-refractivity contribution is 5.91. The molecule has 1 aliphatic carbocycles. The van der Waals surface area contributed by atoms with Crippen molar-refractivity contribution in [2.75, 3.05) is 0 Å². The maximum absolute atomic E-state index is 13.8. The number of hydrogen-bond acceptors (Lipinski definition) is 1. The van der Waals surface area contributed by atoms with Crippen molar-refractivity contribution in [3.05, 3.63) is 77.4 Å². The Morgan fingerprint density at radius 1 is 1.04 bits per heavy atom. The summed E-state index contributed by atoms with van der Waals surface area (Å²) >= 11 is 0. The Bertz CT molecular complexity index is 898. The van der Waals surface area contributed by atoms with Crippen molar-refractivity contribution in [3.8, 4) is 0 Å². The fourth-order valence-corrected chi connectivity index (χ4v) is 4.62. The minimum atomic E-state index is -1.30. The summed E-state index contributed by atoms with van der Waals surface area (Å²) in [5.74, 6) is -1.67. The van der Waals surface area contributed by atoms with Gasteiger partial charge in [0.05, 0.1) is 11.4 Å². The summed E-state index contributed by atoms with van der Waals surface area (Å²) in [5, 5.41) is 0. The normalized spacial score (nSPS) is 31.5. The quantitative estimate of drug-likeness (QED) is 0.722. The van der Waals surface area contributed by atoms with E-state index in [4.69, 9.17) is 0 Å². The maximum Gasteiger partial charge on any atom is 0.232 e. The second kappa shape index (κ2) is 5.32. The molecule has 0 N–H and O–H groups in total. The second-order valence-electron chi connectivity index (χ2n) is 8.16. The van der Waals surface area contributed by atoms with E-state index in [1.165, 1.54) is 0 Å². The highest BCUT2D eigenvalue weighted by Crippen LogP contribution is 2.56. The molecule has 1 fully saturated rings. The van der Waals surface area contributed by atoms with Gasteiger partial charge in [-0.3, -0.25) is 4.79 Å². The van der Waals surface area contributed by atoms with E-state index < -0.39 is 17.0 Å². The van der Waals surface area contributed by atoms with Crippen LogP contribution in [-0.2, 0) is 10.3 Å². The molecule has 1 heterocycles. The first-order chi connectivity index (χ1) is 12.2. The van der Waals surface area contributed by atoms with Crippen molar-refractivity contribution in [2.45, 2.75) is 44.7 Å². The molecule has 2 aromatic rings. The van der Waals surface area contributed by atoms with Gasteiger partial charge in [-0.25, -0.2) is 0 Å². The minimum Gasteiger partial charge on any atom is -0.327 e. The van der Waals surface area contributed by atoms with Crippen LogP contribution in [0.2, 0.25) is 0 Å². The predicted molar refractivity (Wildman–Crippen MR) is 102 cm³/mol. The van der Waals surface area contributed by atoms with Gasteiger partial charge in [-0.1, -0.05) is 66.7 Å². The van der Waals surface area contributed by atoms with Gasteiger partial charge in [0, 0.05) is 12.8 Å². The van der Waals surface area contributed by atoms with E-state index in [0.29, 0.717) is 0 Å². The van der Waals surface area contributed by atoms with Gasteiger partial charge in [-0.2, -0.15) is 0 Å². The van der Waals surface area contributed by atoms with E-state index in [1.54, 1.807) is 0 Å². The van der Waals surface area contributed by atoms with Crippen molar-refractivity contribution in [2.24, 2.45) is 5.92 Å². The topological polar surface area (TPSA) is 20.3 Å². The van der Waals surface area contributed by atoms with Crippen LogP contribution in [0.3, 0.4) is 0 Å². The molecule has 0 unspecified atom stereocenters. The molecule has 0 spiro atoms. The molecule has 2 nitrogen and oxygen atoms in total. The van der Waals surface area contributed by atoms with Gasteiger partial charge in [-0.05, 0) is 44.4 Å². The molecule has 1 amide bonds. The van der Waals surface area contributed by atoms with Crippen LogP contribution >= 0.6 is 0 Å². The second-order valence-corrected chi connectivity index (χ2v) is 8.16. The van der Waals surface area contributed by atoms with E-state index in [-0.39, 0.29) is 11.8 Å². The lowest BCUT2D eigenvalue weighted by molar-refractivity contribution is -0.138. The summed E-state index contributed by atoms with van der Waals surface area (Å²) in [6, 6.07) is 18.0. The standard InChI is InChI=1S/C23H25NO/c1-22(2,3)24-21(25)20-18-13-9-8-10-16(18)14-15-19(20)23(24,4)17-11-6-5-7-12-17/h5-15,19-20H,1-4H3/t19-,20+,23+/m1/s1/i20D. The van der Waals surface area contributed by atoms with E-state index in [1.807, 2.05) is 47.4 Å². The Hall–Kier alpha value is -2.35. The smallest absolute Gasteiger partial charge is 0.232 e. The molecule has 4 rings (SSSR count). The van der Waals surface area contributed by atoms with Crippen LogP contribution in [-0.4, -0.2) is 16.3 Å². The molecule has 1 aliphatic heterocycles. The maximum atomic E-state index is 13.8. The van der Waals surface area contributed by atoms with Crippen LogP contribution in [0.25, 0.3) is 6.08 Å². The third kappa shape index (κ3) is 2.20. The highest BCUT2D eigenvalue weighted by atomic mass is 16.2. The number of nitrogens with zero attached hydrogens (tertiary/aromatic N) is 1. The van der Waals surface area contributed by atoms with Gasteiger partial charge >= 0.3 is 0 Å². The van der Waals surface area contributed by atoms with Crippen molar-refractivity contribution < 1.29 is 6.17 Å². The first-order valence-corrected chi connectivity index (χ1v) is 8.90. The van der Waals surface area contributed by atoms with Gasteiger partial charge < -0.3 is 4.90 Å². The zero-order valence-electron chi connectivity index (χ0n) is 16.3. The van der Waals surface area contributed by atoms with Crippen molar-refractivity contribution in [3.63, 3.8) is 0 Å². The van der Waals surface area contributed by atoms with E-state index in [0.717, 1.165) is 16.7 Å². The number of hydrogen-bond donors (Lipinski definition) is 0. The SMILES string of the molecule is [2H][C@@]12C(=O)N(C(C)(C)C)[C@@](C)(c3ccccc3)[C@@H]1C=Cc1ccccc12. The lowest BCUT2D eigenvalue weighted by Crippen LogP contribution is -2.53. The zero-order valence-corrected chi connectivity index (χ0v) is 15.3. The van der Waals surface area contributed by atoms with Gasteiger partial charge in [0.1, 0.15) is 0 Å². The molecule has 0 radical (unpaired) electrons. The van der Waals surface area contributed by atoms with E-state index >= 15 is 0 Å². The van der Waals surface area contributed by atoms with Crippen molar-refractivity contribution in [1.82, 2.24) is 4.90 Å². The van der Waals surface area contributed by atoms with Crippen LogP contribution in [0.5, 0.6) is 0 Å². The largest absolute Gasteiger partial charge is 0.327 e. The first-order valence-electron chi connectivity index (χ1n) is 9.40. The molecule has 2 aliphatic rings. The molecule has 1 saturated heterocycles. The molecule has 0 aromatic heterocycles. The number of carbonyl (C=O) groups is 1. The van der Waals surface area contributed by atoms with E-state index in [9.17, 15) is 6.17 Å². The summed E-state index contributed by atoms with van der Waals surface area (Å²) < 4.78 is 9.40. The molecule has 3 atom stereocenters. The highest BCUT2D eigenvalue weighted by Gasteiger charge is 2.59. The Morgan fingerprint density at radius 3 is 2.36 bits per heavy atom. The molecular weight excluding hydrogens is 306 g/mol. The fourth-order valence-electron chi connectivity index (χ4n) is 4.62. The van der Waals surface area contributed by atoms with Gasteiger partial charge in [0.2, 0.25) is 5.91 Å². The number of likely N-dealkylation sites (tertiary alicyclic amines) is 1. The lowest BCUT2D eigenvalue weighted by Gasteiger charge is -2.46. The molecule has 2 heteroatoms. The average Bonchev–Trinajstić information content (AvgIpc) is 2.80. The molecule has 25 heavy (non-hydrogen) atoms. The number of carbonyl (C=O) groups excluding carboxylic acids is 1. The Balaban J connectivity index is 2.03. The zero-order chi connectivity index (χ0) is 18.7. The summed E-state index contributed by atoms with van der Waals surface area (Å²) in [4.78, 5) is 15.7. The number of rotatable bonds is 1. The third-order valence-electron chi connectivity index (χ3n) is 5.56. The summed E-state index contributed by atoms with van der Waals surface area (Å²) in [7, 11) is 0. The summed E-state index contributed by atoms with van der Waals surface area (Å²) in [5.41, 5.74) is 1.88. The summed E-state index contributed by atoms with van der Waals surface area (Å²) in [6.07, 6.45) is 4.15. The predicted octanol–water partition coefficient (Wildman–Crippen LogP) is 4.97. The van der Waals surface area contributed by atoms with Crippen LogP contribution in [0.1, 0.15) is 51.7 Å². The Kier molecular flexibility index (Phi) is 3.18. The Morgan fingerprint density at radius 2 is 1.68 bits per heavy atom. The van der Waals surface area contributed by atoms with Gasteiger partial charge in [-0.15, -0.1) is 0 Å². The average molecular weight is 332 g/mol. The van der Waals surface area contributed by atoms with Crippen LogP contribution in [0.15, 0.2) is 60.7 Å². The monoisotopic (exact) mass is 332 g/mol. The van der Waals surface area contributed by atoms with Gasteiger partial charge in [0.15, 0.2) is 0 Å². The third-order valence-corrected chi connectivity index (χ3v) is 5.56. The fraction of sp³-hybridized carbons (Fsp3) is 0.348. The number of fused-ring (bicyclic) bond motifs is 3. The molecule has 128 valence electrons. The first kappa shape index (κ1) is 14.9. The molecule has 2 aromatic carbocycles. The number of benzene rings is 2. The minimum absolute atomic E-state index is 0.113. The molecular formula is C23H25NO. The lowest BCUT2D eigenvalue weighted by atomic mass is 9.70. The number of amides is 1. The van der Waals surface area contributed by atoms with Crippen LogP contribution in [0, 0.1) is 5.92 Å². The summed E-state index contributed by atoms with van der Waals surface area (Å²) in [6.45, 7) is 8.29. The van der Waals surface area contributed by atoms with Crippen LogP contribution < -0.4 is 0 Å². The van der Waals surface area contributed by atoms with Crippen molar-refractivity contribution >= 4 is 12.0 Å². The molecule has 0 saturated carbocycles. The van der Waals surface area contributed by atoms with E-state index in [2.05, 4.69) is 52.0 Å². The van der Waals surface area contributed by atoms with Crippen molar-refractivity contribution in [1.29, 1.82) is 0 Å². The van der Waals surface area contributed by atoms with Gasteiger partial charge in [0.25, 0.3) is 0 Å². The Labute approximate surface area is 151 Å².